The van der Waals surface area contributed by atoms with Crippen molar-refractivity contribution < 1.29 is 19.0 Å². The highest BCUT2D eigenvalue weighted by Gasteiger charge is 2.35. The second-order valence-corrected chi connectivity index (χ2v) is 10.5. The van der Waals surface area contributed by atoms with Gasteiger partial charge in [0.05, 0.1) is 21.3 Å². The molecule has 2 amide bonds. The number of rotatable bonds is 10. The van der Waals surface area contributed by atoms with Crippen LogP contribution < -0.4 is 24.8 Å². The highest BCUT2D eigenvalue weighted by atomic mass is 35.5. The van der Waals surface area contributed by atoms with Crippen molar-refractivity contribution in [3.05, 3.63) is 52.5 Å². The van der Waals surface area contributed by atoms with Gasteiger partial charge in [-0.2, -0.15) is 0 Å². The number of ether oxygens (including phenoxy) is 3. The van der Waals surface area contributed by atoms with Crippen LogP contribution in [0, 0.1) is 5.92 Å². The number of methoxy groups -OCH3 is 3. The van der Waals surface area contributed by atoms with Gasteiger partial charge in [-0.05, 0) is 99.3 Å². The number of amides is 2. The molecule has 0 spiro atoms. The van der Waals surface area contributed by atoms with Crippen molar-refractivity contribution in [1.82, 2.24) is 15.5 Å². The van der Waals surface area contributed by atoms with E-state index >= 15 is 0 Å². The smallest absolute Gasteiger partial charge is 0.315 e. The number of carbonyl (C=O) groups is 1. The second-order valence-electron chi connectivity index (χ2n) is 10.1. The summed E-state index contributed by atoms with van der Waals surface area (Å²) < 4.78 is 16.3. The van der Waals surface area contributed by atoms with Crippen molar-refractivity contribution in [3.8, 4) is 17.2 Å². The molecule has 1 saturated carbocycles. The number of nitrogens with zero attached hydrogens (tertiary/aromatic N) is 1. The number of halogens is 2. The summed E-state index contributed by atoms with van der Waals surface area (Å²) in [4.78, 5) is 15.3. The molecule has 2 aliphatic rings. The van der Waals surface area contributed by atoms with Crippen LogP contribution >= 0.6 is 24.0 Å². The maximum absolute atomic E-state index is 12.7. The molecule has 0 radical (unpaired) electrons. The average molecular weight is 567 g/mol. The fraction of sp³-hybridized carbons (Fsp3) is 0.552. The molecule has 1 aliphatic heterocycles. The molecule has 2 N–H and O–H groups in total. The molecule has 9 heteroatoms. The third-order valence-electron chi connectivity index (χ3n) is 7.78. The number of likely N-dealkylation sites (tertiary alicyclic amines) is 1. The Labute approximate surface area is 237 Å². The lowest BCUT2D eigenvalue weighted by Crippen LogP contribution is -2.53. The Bertz CT molecular complexity index is 1000. The minimum Gasteiger partial charge on any atom is -0.493 e. The van der Waals surface area contributed by atoms with Crippen LogP contribution in [0.2, 0.25) is 5.02 Å². The molecule has 1 aliphatic carbocycles. The van der Waals surface area contributed by atoms with Gasteiger partial charge in [0.1, 0.15) is 0 Å². The number of urea groups is 1. The molecule has 0 bridgehead atoms. The molecule has 4 rings (SSSR count). The van der Waals surface area contributed by atoms with E-state index in [1.54, 1.807) is 21.3 Å². The Morgan fingerprint density at radius 2 is 1.61 bits per heavy atom. The average Bonchev–Trinajstić information content (AvgIpc) is 3.37. The molecule has 38 heavy (non-hydrogen) atoms. The van der Waals surface area contributed by atoms with E-state index in [2.05, 4.69) is 27.7 Å². The van der Waals surface area contributed by atoms with Crippen molar-refractivity contribution >= 4 is 30.0 Å². The standard InChI is InChI=1S/C29H40ClN3O4.ClH/c1-35-26-18-22(19-27(36-2)28(26)37-3)11-14-31-29(34)32-24-5-4-6-25(24)33-15-12-21(13-16-33)17-20-7-9-23(30)10-8-20;/h7-10,18-19,21,24-25H,4-6,11-17H2,1-3H3,(H2,31,32,34);1H. The van der Waals surface area contributed by atoms with Crippen LogP contribution in [0.3, 0.4) is 0 Å². The lowest BCUT2D eigenvalue weighted by molar-refractivity contribution is 0.119. The van der Waals surface area contributed by atoms with Crippen LogP contribution in [-0.4, -0.2) is 64.0 Å². The molecule has 2 fully saturated rings. The van der Waals surface area contributed by atoms with Gasteiger partial charge in [-0.1, -0.05) is 23.7 Å². The molecular weight excluding hydrogens is 525 g/mol. The van der Waals surface area contributed by atoms with E-state index in [9.17, 15) is 4.79 Å². The SMILES string of the molecule is COc1cc(CCNC(=O)NC2CCCC2N2CCC(Cc3ccc(Cl)cc3)CC2)cc(OC)c1OC.Cl. The number of piperidine rings is 1. The van der Waals surface area contributed by atoms with Crippen LogP contribution in [-0.2, 0) is 12.8 Å². The summed E-state index contributed by atoms with van der Waals surface area (Å²) in [6.07, 6.45) is 7.53. The molecular formula is C29H41Cl2N3O4. The van der Waals surface area contributed by atoms with E-state index in [1.807, 2.05) is 24.3 Å². The minimum atomic E-state index is -0.0954. The van der Waals surface area contributed by atoms with Crippen LogP contribution in [0.5, 0.6) is 17.2 Å². The summed E-state index contributed by atoms with van der Waals surface area (Å²) in [7, 11) is 4.80. The lowest BCUT2D eigenvalue weighted by Gasteiger charge is -2.38. The zero-order valence-electron chi connectivity index (χ0n) is 22.6. The van der Waals surface area contributed by atoms with Gasteiger partial charge in [-0.3, -0.25) is 4.90 Å². The Morgan fingerprint density at radius 3 is 2.21 bits per heavy atom. The summed E-state index contributed by atoms with van der Waals surface area (Å²) in [5, 5.41) is 7.09. The summed E-state index contributed by atoms with van der Waals surface area (Å²) in [5.74, 6) is 2.52. The van der Waals surface area contributed by atoms with Crippen LogP contribution in [0.1, 0.15) is 43.2 Å². The van der Waals surface area contributed by atoms with E-state index in [0.29, 0.717) is 42.2 Å². The van der Waals surface area contributed by atoms with Crippen LogP contribution in [0.25, 0.3) is 0 Å². The molecule has 2 aromatic carbocycles. The fourth-order valence-electron chi connectivity index (χ4n) is 5.81. The molecule has 7 nitrogen and oxygen atoms in total. The van der Waals surface area contributed by atoms with Crippen molar-refractivity contribution in [2.24, 2.45) is 5.92 Å². The molecule has 2 atom stereocenters. The number of nitrogens with one attached hydrogen (secondary N) is 2. The summed E-state index contributed by atoms with van der Waals surface area (Å²) in [5.41, 5.74) is 2.38. The summed E-state index contributed by atoms with van der Waals surface area (Å²) in [6.45, 7) is 2.73. The van der Waals surface area contributed by atoms with E-state index < -0.39 is 0 Å². The summed E-state index contributed by atoms with van der Waals surface area (Å²) >= 11 is 6.03. The molecule has 210 valence electrons. The van der Waals surface area contributed by atoms with Gasteiger partial charge in [-0.15, -0.1) is 12.4 Å². The maximum atomic E-state index is 12.7. The van der Waals surface area contributed by atoms with E-state index in [1.165, 1.54) is 18.4 Å². The van der Waals surface area contributed by atoms with E-state index in [-0.39, 0.29) is 24.5 Å². The Balaban J connectivity index is 0.00000400. The van der Waals surface area contributed by atoms with Gasteiger partial charge in [0.15, 0.2) is 11.5 Å². The van der Waals surface area contributed by atoms with Gasteiger partial charge in [-0.25, -0.2) is 4.79 Å². The normalized spacial score (nSPS) is 19.9. The van der Waals surface area contributed by atoms with Gasteiger partial charge in [0, 0.05) is 23.7 Å². The first-order valence-corrected chi connectivity index (χ1v) is 13.7. The lowest BCUT2D eigenvalue weighted by atomic mass is 9.89. The Hall–Kier alpha value is -2.35. The first kappa shape index (κ1) is 30.2. The van der Waals surface area contributed by atoms with Crippen molar-refractivity contribution in [2.75, 3.05) is 41.0 Å². The van der Waals surface area contributed by atoms with Crippen molar-refractivity contribution in [3.63, 3.8) is 0 Å². The van der Waals surface area contributed by atoms with Gasteiger partial charge >= 0.3 is 6.03 Å². The van der Waals surface area contributed by atoms with E-state index in [0.717, 1.165) is 49.4 Å². The Morgan fingerprint density at radius 1 is 0.947 bits per heavy atom. The highest BCUT2D eigenvalue weighted by molar-refractivity contribution is 6.30. The first-order valence-electron chi connectivity index (χ1n) is 13.3. The second kappa shape index (κ2) is 14.7. The van der Waals surface area contributed by atoms with Gasteiger partial charge in [0.2, 0.25) is 5.75 Å². The maximum Gasteiger partial charge on any atom is 0.315 e. The highest BCUT2D eigenvalue weighted by Crippen LogP contribution is 2.38. The molecule has 1 heterocycles. The molecule has 2 aromatic rings. The summed E-state index contributed by atoms with van der Waals surface area (Å²) in [6, 6.07) is 12.6. The number of carbonyl (C=O) groups excluding carboxylic acids is 1. The third kappa shape index (κ3) is 7.84. The topological polar surface area (TPSA) is 72.1 Å². The van der Waals surface area contributed by atoms with Gasteiger partial charge in [0.25, 0.3) is 0 Å². The first-order chi connectivity index (χ1) is 18.0. The zero-order chi connectivity index (χ0) is 26.2. The molecule has 1 saturated heterocycles. The van der Waals surface area contributed by atoms with E-state index in [4.69, 9.17) is 25.8 Å². The molecule has 2 unspecified atom stereocenters. The van der Waals surface area contributed by atoms with Gasteiger partial charge < -0.3 is 24.8 Å². The number of hydrogen-bond donors (Lipinski definition) is 2. The van der Waals surface area contributed by atoms with Crippen LogP contribution in [0.4, 0.5) is 4.79 Å². The van der Waals surface area contributed by atoms with Crippen LogP contribution in [0.15, 0.2) is 36.4 Å². The quantitative estimate of drug-likeness (QED) is 0.397. The zero-order valence-corrected chi connectivity index (χ0v) is 24.2. The van der Waals surface area contributed by atoms with Crippen molar-refractivity contribution in [2.45, 2.75) is 57.0 Å². The monoisotopic (exact) mass is 565 g/mol. The third-order valence-corrected chi connectivity index (χ3v) is 8.03. The predicted octanol–water partition coefficient (Wildman–Crippen LogP) is 5.51. The fourth-order valence-corrected chi connectivity index (χ4v) is 5.93. The largest absolute Gasteiger partial charge is 0.493 e. The molecule has 0 aromatic heterocycles. The minimum absolute atomic E-state index is 0. The van der Waals surface area contributed by atoms with Crippen molar-refractivity contribution in [1.29, 1.82) is 0 Å². The Kier molecular flexibility index (Phi) is 11.7. The number of hydrogen-bond acceptors (Lipinski definition) is 5. The predicted molar refractivity (Wildman–Crippen MR) is 154 cm³/mol. The number of benzene rings is 2.